The minimum Gasteiger partial charge on any atom is -0.325 e. The summed E-state index contributed by atoms with van der Waals surface area (Å²) >= 11 is 0. The Bertz CT molecular complexity index is 771. The molecular formula is C18H17N3O2. The third kappa shape index (κ3) is 3.18. The van der Waals surface area contributed by atoms with E-state index in [0.29, 0.717) is 11.4 Å². The van der Waals surface area contributed by atoms with Gasteiger partial charge in [-0.3, -0.25) is 14.6 Å². The van der Waals surface area contributed by atoms with Crippen molar-refractivity contribution in [1.82, 2.24) is 10.3 Å². The van der Waals surface area contributed by atoms with Crippen molar-refractivity contribution in [2.75, 3.05) is 0 Å². The maximum atomic E-state index is 12.1. The van der Waals surface area contributed by atoms with Crippen LogP contribution in [0.2, 0.25) is 0 Å². The van der Waals surface area contributed by atoms with E-state index in [1.165, 1.54) is 0 Å². The molecule has 0 radical (unpaired) electrons. The van der Waals surface area contributed by atoms with Gasteiger partial charge in [-0.05, 0) is 35.8 Å². The van der Waals surface area contributed by atoms with Crippen LogP contribution in [0.4, 0.5) is 0 Å². The largest absolute Gasteiger partial charge is 0.325 e. The van der Waals surface area contributed by atoms with Gasteiger partial charge in [0, 0.05) is 23.9 Å². The Morgan fingerprint density at radius 2 is 2.13 bits per heavy atom. The summed E-state index contributed by atoms with van der Waals surface area (Å²) in [6.07, 6.45) is 8.73. The van der Waals surface area contributed by atoms with E-state index in [2.05, 4.69) is 29.1 Å². The lowest BCUT2D eigenvalue weighted by Gasteiger charge is -2.29. The molecule has 1 aliphatic heterocycles. The van der Waals surface area contributed by atoms with Gasteiger partial charge in [-0.25, -0.2) is 4.99 Å². The highest BCUT2D eigenvalue weighted by molar-refractivity contribution is 6.13. The summed E-state index contributed by atoms with van der Waals surface area (Å²) in [6.45, 7) is 4.12. The molecule has 0 saturated carbocycles. The van der Waals surface area contributed by atoms with E-state index in [0.717, 1.165) is 11.3 Å². The predicted octanol–water partition coefficient (Wildman–Crippen LogP) is 2.44. The molecule has 1 unspecified atom stereocenters. The highest BCUT2D eigenvalue weighted by Crippen LogP contribution is 2.31. The number of hydrogen-bond donors (Lipinski definition) is 1. The molecule has 0 saturated heterocycles. The summed E-state index contributed by atoms with van der Waals surface area (Å²) < 4.78 is 0. The molecule has 1 aliphatic carbocycles. The van der Waals surface area contributed by atoms with Gasteiger partial charge < -0.3 is 5.32 Å². The lowest BCUT2D eigenvalue weighted by Crippen LogP contribution is -2.34. The molecule has 116 valence electrons. The van der Waals surface area contributed by atoms with Gasteiger partial charge in [-0.15, -0.1) is 0 Å². The molecule has 0 fully saturated rings. The van der Waals surface area contributed by atoms with Crippen molar-refractivity contribution in [2.45, 2.75) is 13.8 Å². The molecule has 0 aromatic carbocycles. The van der Waals surface area contributed by atoms with Crippen LogP contribution in [0.1, 0.15) is 24.3 Å². The summed E-state index contributed by atoms with van der Waals surface area (Å²) in [7, 11) is 0. The topological polar surface area (TPSA) is 71.4 Å². The van der Waals surface area contributed by atoms with Crippen molar-refractivity contribution in [2.24, 2.45) is 16.8 Å². The van der Waals surface area contributed by atoms with Crippen LogP contribution in [0.3, 0.4) is 0 Å². The lowest BCUT2D eigenvalue weighted by atomic mass is 9.82. The molecule has 5 nitrogen and oxygen atoms in total. The zero-order chi connectivity index (χ0) is 16.4. The second-order valence-corrected chi connectivity index (χ2v) is 5.78. The van der Waals surface area contributed by atoms with Gasteiger partial charge in [0.05, 0.1) is 5.71 Å². The smallest absolute Gasteiger partial charge is 0.296 e. The van der Waals surface area contributed by atoms with E-state index < -0.39 is 5.91 Å². The highest BCUT2D eigenvalue weighted by atomic mass is 16.2. The molecule has 2 heterocycles. The summed E-state index contributed by atoms with van der Waals surface area (Å²) in [6, 6.07) is 5.11. The number of pyridine rings is 1. The number of aromatic nitrogens is 1. The number of amides is 2. The predicted molar refractivity (Wildman–Crippen MR) is 87.8 cm³/mol. The van der Waals surface area contributed by atoms with Crippen molar-refractivity contribution in [3.8, 4) is 0 Å². The number of nitrogens with zero attached hydrogens (tertiary/aromatic N) is 2. The number of carbonyl (C=O) groups is 2. The quantitative estimate of drug-likeness (QED) is 0.912. The second-order valence-electron chi connectivity index (χ2n) is 5.78. The molecule has 2 aliphatic rings. The van der Waals surface area contributed by atoms with Crippen molar-refractivity contribution in [1.29, 1.82) is 0 Å². The van der Waals surface area contributed by atoms with Crippen molar-refractivity contribution >= 4 is 17.5 Å². The number of aliphatic imine (C=N–C) groups is 1. The van der Waals surface area contributed by atoms with Crippen LogP contribution in [-0.4, -0.2) is 22.5 Å². The molecule has 0 bridgehead atoms. The third-order valence-corrected chi connectivity index (χ3v) is 3.80. The maximum Gasteiger partial charge on any atom is 0.296 e. The lowest BCUT2D eigenvalue weighted by molar-refractivity contribution is -0.116. The molecule has 2 amide bonds. The Hall–Kier alpha value is -2.82. The molecule has 5 heteroatoms. The summed E-state index contributed by atoms with van der Waals surface area (Å²) in [5.41, 5.74) is 2.63. The molecular weight excluding hydrogens is 290 g/mol. The Kier molecular flexibility index (Phi) is 4.02. The fourth-order valence-corrected chi connectivity index (χ4v) is 2.68. The summed E-state index contributed by atoms with van der Waals surface area (Å²) in [5.74, 6) is -0.228. The number of allylic oxidation sites excluding steroid dienone is 3. The van der Waals surface area contributed by atoms with Crippen LogP contribution in [0, 0.1) is 11.8 Å². The van der Waals surface area contributed by atoms with E-state index in [-0.39, 0.29) is 17.7 Å². The van der Waals surface area contributed by atoms with E-state index in [1.807, 2.05) is 12.2 Å². The van der Waals surface area contributed by atoms with Crippen LogP contribution >= 0.6 is 0 Å². The Balaban J connectivity index is 1.88. The zero-order valence-corrected chi connectivity index (χ0v) is 13.0. The normalized spacial score (nSPS) is 21.6. The first kappa shape index (κ1) is 15.1. The van der Waals surface area contributed by atoms with Gasteiger partial charge >= 0.3 is 0 Å². The third-order valence-electron chi connectivity index (χ3n) is 3.80. The van der Waals surface area contributed by atoms with Crippen LogP contribution in [-0.2, 0) is 4.79 Å². The summed E-state index contributed by atoms with van der Waals surface area (Å²) in [4.78, 5) is 32.0. The average molecular weight is 307 g/mol. The molecule has 3 rings (SSSR count). The minimum absolute atomic E-state index is 0.0385. The molecule has 1 N–H and O–H groups in total. The Morgan fingerprint density at radius 3 is 2.83 bits per heavy atom. The minimum atomic E-state index is -0.401. The molecule has 0 spiro atoms. The van der Waals surface area contributed by atoms with E-state index >= 15 is 0 Å². The first-order chi connectivity index (χ1) is 11.0. The zero-order valence-electron chi connectivity index (χ0n) is 13.0. The first-order valence-electron chi connectivity index (χ1n) is 7.51. The van der Waals surface area contributed by atoms with Gasteiger partial charge in [0.2, 0.25) is 5.91 Å². The standard InChI is InChI=1S/C18H17N3O2/c1-11(2)14-10-17(22)21-16-9-12(6-7-13(14)16)20-18(23)15-5-3-4-8-19-15/h3-11,13H,1-2H3,(H,21,22). The molecule has 1 aromatic heterocycles. The second kappa shape index (κ2) is 6.12. The highest BCUT2D eigenvalue weighted by Gasteiger charge is 2.27. The fraction of sp³-hybridized carbons (Fsp3) is 0.222. The van der Waals surface area contributed by atoms with E-state index in [9.17, 15) is 9.59 Å². The number of fused-ring (bicyclic) bond motifs is 1. The van der Waals surface area contributed by atoms with E-state index in [4.69, 9.17) is 0 Å². The van der Waals surface area contributed by atoms with Crippen molar-refractivity contribution < 1.29 is 9.59 Å². The first-order valence-corrected chi connectivity index (χ1v) is 7.51. The monoisotopic (exact) mass is 307 g/mol. The van der Waals surface area contributed by atoms with Crippen molar-refractivity contribution in [3.63, 3.8) is 0 Å². The van der Waals surface area contributed by atoms with Gasteiger partial charge in [-0.1, -0.05) is 26.0 Å². The number of nitrogens with one attached hydrogen (secondary N) is 1. The van der Waals surface area contributed by atoms with Gasteiger partial charge in [0.15, 0.2) is 0 Å². The number of carbonyl (C=O) groups excluding carboxylic acids is 2. The average Bonchev–Trinajstić information content (AvgIpc) is 2.54. The molecule has 23 heavy (non-hydrogen) atoms. The van der Waals surface area contributed by atoms with Gasteiger partial charge in [0.25, 0.3) is 5.91 Å². The Labute approximate surface area is 134 Å². The van der Waals surface area contributed by atoms with Crippen LogP contribution in [0.25, 0.3) is 0 Å². The van der Waals surface area contributed by atoms with Gasteiger partial charge in [0.1, 0.15) is 5.69 Å². The summed E-state index contributed by atoms with van der Waals surface area (Å²) in [5, 5.41) is 2.83. The van der Waals surface area contributed by atoms with E-state index in [1.54, 1.807) is 36.5 Å². The SMILES string of the molecule is CC(C)C1=CC(=O)NC2=CC(=NC(=O)c3ccccn3)C=CC21. The molecule has 1 aromatic rings. The van der Waals surface area contributed by atoms with Crippen molar-refractivity contribution in [3.05, 3.63) is 65.7 Å². The number of hydrogen-bond acceptors (Lipinski definition) is 3. The maximum absolute atomic E-state index is 12.1. The number of rotatable bonds is 2. The fourth-order valence-electron chi connectivity index (χ4n) is 2.68. The van der Waals surface area contributed by atoms with Crippen LogP contribution in [0.5, 0.6) is 0 Å². The van der Waals surface area contributed by atoms with Crippen LogP contribution in [0.15, 0.2) is 65.0 Å². The Morgan fingerprint density at radius 1 is 1.30 bits per heavy atom. The van der Waals surface area contributed by atoms with Crippen LogP contribution < -0.4 is 5.32 Å². The van der Waals surface area contributed by atoms with Gasteiger partial charge in [-0.2, -0.15) is 0 Å². The molecule has 1 atom stereocenters.